The Morgan fingerprint density at radius 3 is 3.00 bits per heavy atom. The Bertz CT molecular complexity index is 1070. The lowest BCUT2D eigenvalue weighted by Crippen LogP contribution is -2.29. The largest absolute Gasteiger partial charge is 0.377 e. The quantitative estimate of drug-likeness (QED) is 0.489. The van der Waals surface area contributed by atoms with Gasteiger partial charge in [-0.2, -0.15) is 0 Å². The third kappa shape index (κ3) is 3.92. The summed E-state index contributed by atoms with van der Waals surface area (Å²) in [7, 11) is 0. The molecule has 0 N–H and O–H groups in total. The fourth-order valence-electron chi connectivity index (χ4n) is 4.14. The van der Waals surface area contributed by atoms with Crippen molar-refractivity contribution in [1.82, 2.24) is 4.98 Å². The monoisotopic (exact) mass is 436 g/mol. The number of carbonyl (C=O) groups excluding carboxylic acids is 1. The van der Waals surface area contributed by atoms with Crippen molar-refractivity contribution in [3.8, 4) is 11.3 Å². The van der Waals surface area contributed by atoms with E-state index < -0.39 is 0 Å². The van der Waals surface area contributed by atoms with Gasteiger partial charge < -0.3 is 9.64 Å². The smallest absolute Gasteiger partial charge is 0.259 e. The molecule has 2 aliphatic rings. The average Bonchev–Trinajstić information content (AvgIpc) is 3.52. The summed E-state index contributed by atoms with van der Waals surface area (Å²) in [5.74, 6) is 0.985. The first kappa shape index (κ1) is 19.8. The maximum atomic E-state index is 13.5. The van der Waals surface area contributed by atoms with E-state index in [1.807, 2.05) is 30.0 Å². The van der Waals surface area contributed by atoms with Gasteiger partial charge >= 0.3 is 0 Å². The average molecular weight is 437 g/mol. The molecule has 5 rings (SSSR count). The highest BCUT2D eigenvalue weighted by molar-refractivity contribution is 7.99. The van der Waals surface area contributed by atoms with Crippen molar-refractivity contribution in [1.29, 1.82) is 0 Å². The second kappa shape index (κ2) is 8.53. The van der Waals surface area contributed by atoms with Crippen LogP contribution >= 0.6 is 23.1 Å². The number of benzene rings is 2. The Morgan fingerprint density at radius 2 is 2.20 bits per heavy atom. The molecule has 3 aromatic rings. The zero-order valence-corrected chi connectivity index (χ0v) is 18.6. The van der Waals surface area contributed by atoms with Crippen LogP contribution in [0.5, 0.6) is 0 Å². The molecule has 6 heteroatoms. The summed E-state index contributed by atoms with van der Waals surface area (Å²) < 4.78 is 5.75. The number of hydrogen-bond acceptors (Lipinski definition) is 5. The van der Waals surface area contributed by atoms with Gasteiger partial charge in [-0.1, -0.05) is 18.2 Å². The molecular weight excluding hydrogens is 412 g/mol. The third-order valence-corrected chi connectivity index (χ3v) is 7.68. The van der Waals surface area contributed by atoms with Crippen molar-refractivity contribution in [3.05, 3.63) is 64.0 Å². The van der Waals surface area contributed by atoms with E-state index in [-0.39, 0.29) is 5.91 Å². The predicted molar refractivity (Wildman–Crippen MR) is 124 cm³/mol. The van der Waals surface area contributed by atoms with Gasteiger partial charge in [-0.15, -0.1) is 23.1 Å². The predicted octanol–water partition coefficient (Wildman–Crippen LogP) is 5.59. The number of thioether (sulfide) groups is 1. The molecule has 0 bridgehead atoms. The maximum Gasteiger partial charge on any atom is 0.259 e. The van der Waals surface area contributed by atoms with Crippen LogP contribution in [-0.4, -0.2) is 35.9 Å². The number of ether oxygens (including phenoxy) is 1. The number of aromatic nitrogens is 1. The van der Waals surface area contributed by atoms with Gasteiger partial charge in [-0.05, 0) is 56.0 Å². The van der Waals surface area contributed by atoms with Crippen LogP contribution in [0.2, 0.25) is 0 Å². The standard InChI is InChI=1S/C24H24N2O2S2/c1-16-25-21(15-29-16)17-8-9-22-18(13-17)10-11-26(22)24(27)20-6-2-3-7-23(20)30-14-19-5-4-12-28-19/h2-3,6-9,13,15,19H,4-5,10-12,14H2,1H3/t19-/m1/s1. The van der Waals surface area contributed by atoms with E-state index >= 15 is 0 Å². The Hall–Kier alpha value is -2.15. The summed E-state index contributed by atoms with van der Waals surface area (Å²) in [6.07, 6.45) is 3.43. The van der Waals surface area contributed by atoms with Gasteiger partial charge in [0, 0.05) is 40.4 Å². The highest BCUT2D eigenvalue weighted by Crippen LogP contribution is 2.35. The molecule has 2 aliphatic heterocycles. The van der Waals surface area contributed by atoms with Gasteiger partial charge in [-0.3, -0.25) is 4.79 Å². The molecule has 3 heterocycles. The summed E-state index contributed by atoms with van der Waals surface area (Å²) in [6.45, 7) is 3.60. The molecule has 1 aromatic heterocycles. The van der Waals surface area contributed by atoms with Crippen LogP contribution in [0, 0.1) is 6.92 Å². The van der Waals surface area contributed by atoms with Crippen LogP contribution in [-0.2, 0) is 11.2 Å². The molecule has 0 saturated carbocycles. The number of rotatable bonds is 5. The first-order valence-corrected chi connectivity index (χ1v) is 12.3. The molecule has 4 nitrogen and oxygen atoms in total. The number of carbonyl (C=O) groups is 1. The van der Waals surface area contributed by atoms with E-state index in [0.29, 0.717) is 6.10 Å². The number of nitrogens with zero attached hydrogens (tertiary/aromatic N) is 2. The van der Waals surface area contributed by atoms with Gasteiger partial charge in [0.15, 0.2) is 0 Å². The number of fused-ring (bicyclic) bond motifs is 1. The van der Waals surface area contributed by atoms with Crippen molar-refractivity contribution < 1.29 is 9.53 Å². The molecule has 30 heavy (non-hydrogen) atoms. The fourth-order valence-corrected chi connectivity index (χ4v) is 5.88. The zero-order chi connectivity index (χ0) is 20.5. The van der Waals surface area contributed by atoms with E-state index in [1.54, 1.807) is 23.1 Å². The van der Waals surface area contributed by atoms with E-state index in [4.69, 9.17) is 4.74 Å². The number of anilines is 1. The Labute approximate surface area is 185 Å². The molecule has 1 amide bonds. The van der Waals surface area contributed by atoms with Crippen molar-refractivity contribution in [3.63, 3.8) is 0 Å². The molecule has 1 atom stereocenters. The molecule has 2 aromatic carbocycles. The Morgan fingerprint density at radius 1 is 1.30 bits per heavy atom. The molecule has 0 spiro atoms. The molecule has 1 fully saturated rings. The minimum atomic E-state index is 0.0847. The number of thiazole rings is 1. The van der Waals surface area contributed by atoms with E-state index in [9.17, 15) is 4.79 Å². The highest BCUT2D eigenvalue weighted by Gasteiger charge is 2.28. The summed E-state index contributed by atoms with van der Waals surface area (Å²) >= 11 is 3.40. The van der Waals surface area contributed by atoms with Gasteiger partial charge in [0.1, 0.15) is 0 Å². The maximum absolute atomic E-state index is 13.5. The van der Waals surface area contributed by atoms with E-state index in [2.05, 4.69) is 34.6 Å². The van der Waals surface area contributed by atoms with Crippen molar-refractivity contribution in [2.45, 2.75) is 37.2 Å². The Kier molecular flexibility index (Phi) is 5.63. The number of hydrogen-bond donors (Lipinski definition) is 0. The number of amides is 1. The first-order chi connectivity index (χ1) is 14.7. The van der Waals surface area contributed by atoms with Crippen molar-refractivity contribution in [2.75, 3.05) is 23.8 Å². The van der Waals surface area contributed by atoms with Gasteiger partial charge in [0.25, 0.3) is 5.91 Å². The zero-order valence-electron chi connectivity index (χ0n) is 17.0. The molecule has 0 unspecified atom stereocenters. The number of aryl methyl sites for hydroxylation is 1. The lowest BCUT2D eigenvalue weighted by molar-refractivity contribution is 0.0986. The molecule has 1 saturated heterocycles. The van der Waals surface area contributed by atoms with E-state index in [0.717, 1.165) is 70.6 Å². The minimum absolute atomic E-state index is 0.0847. The minimum Gasteiger partial charge on any atom is -0.377 e. The van der Waals surface area contributed by atoms with Crippen molar-refractivity contribution in [2.24, 2.45) is 0 Å². The van der Waals surface area contributed by atoms with Crippen molar-refractivity contribution >= 4 is 34.7 Å². The first-order valence-electron chi connectivity index (χ1n) is 10.4. The van der Waals surface area contributed by atoms with Gasteiger partial charge in [0.05, 0.1) is 22.4 Å². The second-order valence-electron chi connectivity index (χ2n) is 7.74. The second-order valence-corrected chi connectivity index (χ2v) is 9.87. The molecule has 0 aliphatic carbocycles. The topological polar surface area (TPSA) is 42.4 Å². The van der Waals surface area contributed by atoms with Crippen LogP contribution < -0.4 is 4.90 Å². The third-order valence-electron chi connectivity index (χ3n) is 5.70. The summed E-state index contributed by atoms with van der Waals surface area (Å²) in [5.41, 5.74) is 5.17. The molecule has 0 radical (unpaired) electrons. The van der Waals surface area contributed by atoms with Crippen LogP contribution in [0.3, 0.4) is 0 Å². The summed E-state index contributed by atoms with van der Waals surface area (Å²) in [6, 6.07) is 14.3. The molecule has 154 valence electrons. The lowest BCUT2D eigenvalue weighted by atomic mass is 10.1. The van der Waals surface area contributed by atoms with Crippen LogP contribution in [0.25, 0.3) is 11.3 Å². The summed E-state index contributed by atoms with van der Waals surface area (Å²) in [4.78, 5) is 21.0. The van der Waals surface area contributed by atoms with Gasteiger partial charge in [-0.25, -0.2) is 4.98 Å². The fraction of sp³-hybridized carbons (Fsp3) is 0.333. The van der Waals surface area contributed by atoms with Crippen LogP contribution in [0.1, 0.15) is 33.8 Å². The molecular formula is C24H24N2O2S2. The Balaban J connectivity index is 1.37. The van der Waals surface area contributed by atoms with Crippen LogP contribution in [0.4, 0.5) is 5.69 Å². The normalized spacial score (nSPS) is 18.0. The summed E-state index contributed by atoms with van der Waals surface area (Å²) in [5, 5.41) is 3.16. The van der Waals surface area contributed by atoms with E-state index in [1.165, 1.54) is 5.56 Å². The van der Waals surface area contributed by atoms with Gasteiger partial charge in [0.2, 0.25) is 0 Å². The SMILES string of the molecule is Cc1nc(-c2ccc3c(c2)CCN3C(=O)c2ccccc2SC[C@H]2CCCO2)cs1. The highest BCUT2D eigenvalue weighted by atomic mass is 32.2. The van der Waals surface area contributed by atoms with Crippen LogP contribution in [0.15, 0.2) is 52.7 Å². The lowest BCUT2D eigenvalue weighted by Gasteiger charge is -2.20.